The molecule has 10 heteroatoms. The largest absolute Gasteiger partial charge is 0.341 e. The Bertz CT molecular complexity index is 290. The first-order chi connectivity index (χ1) is 9.45. The second-order valence-electron chi connectivity index (χ2n) is 3.39. The van der Waals surface area contributed by atoms with Crippen molar-refractivity contribution in [2.45, 2.75) is 27.7 Å². The Hall–Kier alpha value is 1.00. The van der Waals surface area contributed by atoms with Crippen LogP contribution in [0.2, 0.25) is 0 Å². The van der Waals surface area contributed by atoms with Crippen LogP contribution in [0.25, 0.3) is 0 Å². The summed E-state index contributed by atoms with van der Waals surface area (Å²) in [6.07, 6.45) is 0. The van der Waals surface area contributed by atoms with E-state index in [1.165, 1.54) is 21.6 Å². The fourth-order valence-electron chi connectivity index (χ4n) is 1.21. The molecule has 0 unspecified atom stereocenters. The lowest BCUT2D eigenvalue weighted by molar-refractivity contribution is 0.223. The Labute approximate surface area is 129 Å². The summed E-state index contributed by atoms with van der Waals surface area (Å²) < 4.78 is 45.0. The zero-order valence-corrected chi connectivity index (χ0v) is 15.8. The highest BCUT2D eigenvalue weighted by atomic mass is 33.1. The molecule has 0 atom stereocenters. The van der Waals surface area contributed by atoms with E-state index < -0.39 is 15.2 Å². The number of hydrogen-bond acceptors (Lipinski definition) is 8. The standard InChI is InChI=1S/C10H24O6P2S2/c1-5-13-17(11,14-6-2)9-19-20-10-18(12,15-7-3)16-8-4/h5-10H2,1-4H3. The maximum atomic E-state index is 12.2. The first-order valence-electron chi connectivity index (χ1n) is 6.46. The molecule has 0 heterocycles. The van der Waals surface area contributed by atoms with Crippen molar-refractivity contribution in [3.63, 3.8) is 0 Å². The lowest BCUT2D eigenvalue weighted by atomic mass is 10.9. The van der Waals surface area contributed by atoms with Crippen molar-refractivity contribution in [1.82, 2.24) is 0 Å². The third-order valence-corrected chi connectivity index (χ3v) is 10.4. The van der Waals surface area contributed by atoms with Gasteiger partial charge < -0.3 is 18.1 Å². The number of rotatable bonds is 13. The van der Waals surface area contributed by atoms with E-state index in [9.17, 15) is 9.13 Å². The third kappa shape index (κ3) is 9.11. The Morgan fingerprint density at radius 3 is 1.10 bits per heavy atom. The monoisotopic (exact) mass is 366 g/mol. The second kappa shape index (κ2) is 11.6. The van der Waals surface area contributed by atoms with Crippen molar-refractivity contribution in [3.05, 3.63) is 0 Å². The predicted octanol–water partition coefficient (Wildman–Crippen LogP) is 4.82. The van der Waals surface area contributed by atoms with Gasteiger partial charge in [0, 0.05) is 0 Å². The van der Waals surface area contributed by atoms with E-state index in [1.807, 2.05) is 0 Å². The Balaban J connectivity index is 4.20. The molecule has 0 radical (unpaired) electrons. The summed E-state index contributed by atoms with van der Waals surface area (Å²) in [6.45, 7) is 8.39. The molecule has 6 nitrogen and oxygen atoms in total. The van der Waals surface area contributed by atoms with E-state index in [0.717, 1.165) is 0 Å². The average Bonchev–Trinajstić information content (AvgIpc) is 2.36. The van der Waals surface area contributed by atoms with Crippen molar-refractivity contribution in [1.29, 1.82) is 0 Å². The molecule has 0 rings (SSSR count). The van der Waals surface area contributed by atoms with Crippen molar-refractivity contribution < 1.29 is 27.2 Å². The fourth-order valence-corrected chi connectivity index (χ4v) is 9.42. The SMILES string of the molecule is CCOP(=O)(CSSCP(=O)(OCC)OCC)OCC. The molecule has 0 spiro atoms. The van der Waals surface area contributed by atoms with E-state index in [2.05, 4.69) is 0 Å². The van der Waals surface area contributed by atoms with Gasteiger partial charge in [-0.25, -0.2) is 0 Å². The van der Waals surface area contributed by atoms with E-state index in [1.54, 1.807) is 27.7 Å². The summed E-state index contributed by atoms with van der Waals surface area (Å²) in [6, 6.07) is 0. The molecule has 20 heavy (non-hydrogen) atoms. The number of hydrogen-bond donors (Lipinski definition) is 0. The topological polar surface area (TPSA) is 71.1 Å². The molecule has 0 aromatic carbocycles. The highest BCUT2D eigenvalue weighted by Gasteiger charge is 2.27. The van der Waals surface area contributed by atoms with Crippen LogP contribution in [0.1, 0.15) is 27.7 Å². The molecule has 0 bridgehead atoms. The van der Waals surface area contributed by atoms with E-state index in [0.29, 0.717) is 26.4 Å². The summed E-state index contributed by atoms with van der Waals surface area (Å²) in [5.74, 6) is 0. The maximum Gasteiger partial charge on any atom is 0.341 e. The van der Waals surface area contributed by atoms with Crippen LogP contribution in [0.5, 0.6) is 0 Å². The third-order valence-electron chi connectivity index (χ3n) is 1.81. The summed E-state index contributed by atoms with van der Waals surface area (Å²) >= 11 is 0. The smallest absolute Gasteiger partial charge is 0.308 e. The van der Waals surface area contributed by atoms with Crippen molar-refractivity contribution in [2.24, 2.45) is 0 Å². The molecule has 0 fully saturated rings. The minimum absolute atomic E-state index is 0.206. The zero-order valence-electron chi connectivity index (χ0n) is 12.4. The van der Waals surface area contributed by atoms with Crippen LogP contribution < -0.4 is 0 Å². The van der Waals surface area contributed by atoms with Crippen LogP contribution in [0.4, 0.5) is 0 Å². The van der Waals surface area contributed by atoms with Gasteiger partial charge >= 0.3 is 15.2 Å². The Morgan fingerprint density at radius 1 is 0.650 bits per heavy atom. The molecule has 0 N–H and O–H groups in total. The van der Waals surface area contributed by atoms with Gasteiger partial charge in [0.15, 0.2) is 0 Å². The van der Waals surface area contributed by atoms with Crippen LogP contribution in [-0.2, 0) is 27.2 Å². The summed E-state index contributed by atoms with van der Waals surface area (Å²) in [5.41, 5.74) is 0.412. The van der Waals surface area contributed by atoms with Gasteiger partial charge in [-0.3, -0.25) is 9.13 Å². The quantitative estimate of drug-likeness (QED) is 0.261. The summed E-state index contributed by atoms with van der Waals surface area (Å²) in [4.78, 5) is 0. The van der Waals surface area contributed by atoms with Crippen LogP contribution in [0.3, 0.4) is 0 Å². The minimum atomic E-state index is -3.06. The van der Waals surface area contributed by atoms with E-state index in [4.69, 9.17) is 18.1 Å². The fraction of sp³-hybridized carbons (Fsp3) is 1.00. The maximum absolute atomic E-state index is 12.2. The van der Waals surface area contributed by atoms with Crippen LogP contribution >= 0.6 is 36.8 Å². The van der Waals surface area contributed by atoms with Gasteiger partial charge in [-0.05, 0) is 27.7 Å². The van der Waals surface area contributed by atoms with Gasteiger partial charge in [0.25, 0.3) is 0 Å². The average molecular weight is 366 g/mol. The van der Waals surface area contributed by atoms with E-state index in [-0.39, 0.29) is 11.0 Å². The molecule has 0 aromatic heterocycles. The molecule has 0 aliphatic carbocycles. The Morgan fingerprint density at radius 2 is 0.900 bits per heavy atom. The summed E-state index contributed by atoms with van der Waals surface area (Å²) in [7, 11) is -3.54. The van der Waals surface area contributed by atoms with Crippen LogP contribution in [0.15, 0.2) is 0 Å². The minimum Gasteiger partial charge on any atom is -0.308 e. The highest BCUT2D eigenvalue weighted by molar-refractivity contribution is 8.78. The van der Waals surface area contributed by atoms with Crippen molar-refractivity contribution in [3.8, 4) is 0 Å². The first-order valence-corrected chi connectivity index (χ1v) is 12.4. The van der Waals surface area contributed by atoms with Gasteiger partial charge in [-0.15, -0.1) is 0 Å². The lowest BCUT2D eigenvalue weighted by Gasteiger charge is -2.18. The zero-order chi connectivity index (χ0) is 15.5. The van der Waals surface area contributed by atoms with E-state index >= 15 is 0 Å². The molecule has 0 amide bonds. The van der Waals surface area contributed by atoms with Gasteiger partial charge in [-0.2, -0.15) is 0 Å². The van der Waals surface area contributed by atoms with Crippen molar-refractivity contribution in [2.75, 3.05) is 37.4 Å². The van der Waals surface area contributed by atoms with Gasteiger partial charge in [0.05, 0.1) is 26.4 Å². The van der Waals surface area contributed by atoms with Crippen LogP contribution in [-0.4, -0.2) is 37.4 Å². The van der Waals surface area contributed by atoms with Gasteiger partial charge in [0.2, 0.25) is 0 Å². The predicted molar refractivity (Wildman–Crippen MR) is 86.6 cm³/mol. The molecule has 0 saturated heterocycles. The molecule has 122 valence electrons. The van der Waals surface area contributed by atoms with Crippen molar-refractivity contribution >= 4 is 36.8 Å². The summed E-state index contributed by atoms with van der Waals surface area (Å²) in [5, 5.41) is 0. The normalized spacial score (nSPS) is 12.8. The first kappa shape index (κ1) is 21.0. The molecule has 0 aliphatic heterocycles. The highest BCUT2D eigenvalue weighted by Crippen LogP contribution is 2.57. The van der Waals surface area contributed by atoms with Gasteiger partial charge in [0.1, 0.15) is 11.0 Å². The Kier molecular flexibility index (Phi) is 12.1. The lowest BCUT2D eigenvalue weighted by Crippen LogP contribution is -1.99. The molecular weight excluding hydrogens is 342 g/mol. The second-order valence-corrected chi connectivity index (χ2v) is 10.8. The molecule has 0 aromatic rings. The molecule has 0 saturated carbocycles. The molecular formula is C10H24O6P2S2. The van der Waals surface area contributed by atoms with Gasteiger partial charge in [-0.1, -0.05) is 21.6 Å². The molecule has 0 aliphatic rings. The van der Waals surface area contributed by atoms with Crippen LogP contribution in [0, 0.1) is 0 Å².